The average Bonchev–Trinajstić information content (AvgIpc) is 2.34. The third-order valence-electron chi connectivity index (χ3n) is 2.73. The fraction of sp³-hybridized carbons (Fsp3) is 0.545. The lowest BCUT2D eigenvalue weighted by Gasteiger charge is -2.22. The van der Waals surface area contributed by atoms with Gasteiger partial charge in [-0.25, -0.2) is 18.2 Å². The zero-order valence-electron chi connectivity index (χ0n) is 11.3. The number of anilines is 1. The minimum atomic E-state index is -3.21. The van der Waals surface area contributed by atoms with Gasteiger partial charge in [0.25, 0.3) is 0 Å². The number of rotatable bonds is 5. The van der Waals surface area contributed by atoms with E-state index in [1.165, 1.54) is 25.8 Å². The van der Waals surface area contributed by atoms with E-state index in [0.717, 1.165) is 0 Å². The summed E-state index contributed by atoms with van der Waals surface area (Å²) in [7, 11) is -1.96. The Labute approximate surface area is 112 Å². The number of nitrogens with zero attached hydrogens (tertiary/aromatic N) is 2. The van der Waals surface area contributed by atoms with Gasteiger partial charge in [-0.05, 0) is 13.8 Å². The van der Waals surface area contributed by atoms with Crippen molar-refractivity contribution in [1.82, 2.24) is 9.97 Å². The number of carbonyl (C=O) groups is 1. The van der Waals surface area contributed by atoms with Crippen LogP contribution in [0, 0.1) is 0 Å². The molecule has 1 N–H and O–H groups in total. The SMILES string of the molecule is COC(=O)c1cncc(NCC(C)(C)S(C)(=O)=O)n1. The van der Waals surface area contributed by atoms with Crippen LogP contribution in [-0.4, -0.2) is 49.0 Å². The number of nitrogens with one attached hydrogen (secondary N) is 1. The Kier molecular flexibility index (Phi) is 4.46. The van der Waals surface area contributed by atoms with Gasteiger partial charge in [0.2, 0.25) is 0 Å². The summed E-state index contributed by atoms with van der Waals surface area (Å²) in [6.07, 6.45) is 3.86. The standard InChI is InChI=1S/C11H17N3O4S/c1-11(2,19(4,16)17)7-13-9-6-12-5-8(14-9)10(15)18-3/h5-6H,7H2,1-4H3,(H,13,14). The summed E-state index contributed by atoms with van der Waals surface area (Å²) in [6.45, 7) is 3.37. The zero-order valence-corrected chi connectivity index (χ0v) is 12.1. The fourth-order valence-electron chi connectivity index (χ4n) is 1.09. The van der Waals surface area contributed by atoms with E-state index in [-0.39, 0.29) is 12.2 Å². The molecule has 0 aliphatic heterocycles. The number of hydrogen-bond acceptors (Lipinski definition) is 7. The summed E-state index contributed by atoms with van der Waals surface area (Å²) in [4.78, 5) is 19.1. The van der Waals surface area contributed by atoms with E-state index in [9.17, 15) is 13.2 Å². The third-order valence-corrected chi connectivity index (χ3v) is 4.88. The smallest absolute Gasteiger partial charge is 0.358 e. The first-order valence-corrected chi connectivity index (χ1v) is 7.40. The van der Waals surface area contributed by atoms with Crippen molar-refractivity contribution in [1.29, 1.82) is 0 Å². The van der Waals surface area contributed by atoms with Gasteiger partial charge in [-0.15, -0.1) is 0 Å². The molecule has 106 valence electrons. The predicted octanol–water partition coefficient (Wildman–Crippen LogP) is 0.498. The monoisotopic (exact) mass is 287 g/mol. The van der Waals surface area contributed by atoms with E-state index in [0.29, 0.717) is 5.82 Å². The summed E-state index contributed by atoms with van der Waals surface area (Å²) in [6, 6.07) is 0. The molecular weight excluding hydrogens is 270 g/mol. The van der Waals surface area contributed by atoms with Crippen LogP contribution in [0.5, 0.6) is 0 Å². The summed E-state index contributed by atoms with van der Waals surface area (Å²) in [5, 5.41) is 2.85. The highest BCUT2D eigenvalue weighted by molar-refractivity contribution is 7.92. The van der Waals surface area contributed by atoms with Crippen molar-refractivity contribution in [3.63, 3.8) is 0 Å². The van der Waals surface area contributed by atoms with Crippen LogP contribution in [0.15, 0.2) is 12.4 Å². The Bertz CT molecular complexity index is 569. The maximum absolute atomic E-state index is 11.5. The summed E-state index contributed by atoms with van der Waals surface area (Å²) < 4.78 is 26.7. The molecule has 0 aliphatic carbocycles. The van der Waals surface area contributed by atoms with Crippen LogP contribution in [0.1, 0.15) is 24.3 Å². The van der Waals surface area contributed by atoms with Crippen molar-refractivity contribution < 1.29 is 17.9 Å². The fourth-order valence-corrected chi connectivity index (χ4v) is 1.42. The molecule has 0 aliphatic rings. The topological polar surface area (TPSA) is 98.2 Å². The first kappa shape index (κ1) is 15.4. The van der Waals surface area contributed by atoms with Gasteiger partial charge in [-0.1, -0.05) is 0 Å². The molecule has 8 heteroatoms. The minimum absolute atomic E-state index is 0.0599. The second-order valence-electron chi connectivity index (χ2n) is 4.67. The zero-order chi connectivity index (χ0) is 14.7. The van der Waals surface area contributed by atoms with Gasteiger partial charge in [0.05, 0.1) is 24.3 Å². The molecule has 0 fully saturated rings. The Balaban J connectivity index is 2.82. The molecule has 0 amide bonds. The van der Waals surface area contributed by atoms with Gasteiger partial charge < -0.3 is 10.1 Å². The third kappa shape index (κ3) is 3.88. The van der Waals surface area contributed by atoms with Gasteiger partial charge in [-0.2, -0.15) is 0 Å². The lowest BCUT2D eigenvalue weighted by molar-refractivity contribution is 0.0593. The van der Waals surface area contributed by atoms with Crippen LogP contribution >= 0.6 is 0 Å². The average molecular weight is 287 g/mol. The number of aromatic nitrogens is 2. The second-order valence-corrected chi connectivity index (χ2v) is 7.32. The Morgan fingerprint density at radius 1 is 1.42 bits per heavy atom. The van der Waals surface area contributed by atoms with E-state index >= 15 is 0 Å². The molecule has 0 unspecified atom stereocenters. The molecule has 1 rings (SSSR count). The Morgan fingerprint density at radius 2 is 2.05 bits per heavy atom. The molecule has 0 radical (unpaired) electrons. The highest BCUT2D eigenvalue weighted by Crippen LogP contribution is 2.15. The van der Waals surface area contributed by atoms with E-state index < -0.39 is 20.6 Å². The van der Waals surface area contributed by atoms with Crippen molar-refractivity contribution in [2.24, 2.45) is 0 Å². The second kappa shape index (κ2) is 5.52. The van der Waals surface area contributed by atoms with Gasteiger partial charge in [0.1, 0.15) is 5.82 Å². The first-order valence-electron chi connectivity index (χ1n) is 5.51. The maximum atomic E-state index is 11.5. The van der Waals surface area contributed by atoms with Crippen LogP contribution in [0.2, 0.25) is 0 Å². The molecule has 19 heavy (non-hydrogen) atoms. The highest BCUT2D eigenvalue weighted by atomic mass is 32.2. The molecule has 1 heterocycles. The predicted molar refractivity (Wildman–Crippen MR) is 70.8 cm³/mol. The van der Waals surface area contributed by atoms with Gasteiger partial charge in [-0.3, -0.25) is 4.98 Å². The normalized spacial score (nSPS) is 12.0. The molecule has 0 saturated carbocycles. The van der Waals surface area contributed by atoms with Gasteiger partial charge >= 0.3 is 5.97 Å². The Hall–Kier alpha value is -1.70. The first-order chi connectivity index (χ1) is 8.67. The van der Waals surface area contributed by atoms with Crippen molar-refractivity contribution >= 4 is 21.6 Å². The molecule has 0 aromatic carbocycles. The van der Waals surface area contributed by atoms with Crippen LogP contribution in [-0.2, 0) is 14.6 Å². The van der Waals surface area contributed by atoms with Crippen LogP contribution in [0.4, 0.5) is 5.82 Å². The van der Waals surface area contributed by atoms with E-state index in [1.807, 2.05) is 0 Å². The summed E-state index contributed by atoms with van der Waals surface area (Å²) in [5.74, 6) is -0.279. The van der Waals surface area contributed by atoms with Crippen molar-refractivity contribution in [2.75, 3.05) is 25.2 Å². The number of hydrogen-bond donors (Lipinski definition) is 1. The van der Waals surface area contributed by atoms with Crippen LogP contribution in [0.25, 0.3) is 0 Å². The molecule has 7 nitrogen and oxygen atoms in total. The van der Waals surface area contributed by atoms with Crippen molar-refractivity contribution in [3.8, 4) is 0 Å². The Morgan fingerprint density at radius 3 is 2.58 bits per heavy atom. The number of sulfone groups is 1. The number of ether oxygens (including phenoxy) is 1. The van der Waals surface area contributed by atoms with E-state index in [4.69, 9.17) is 0 Å². The number of carbonyl (C=O) groups excluding carboxylic acids is 1. The molecular formula is C11H17N3O4S. The number of esters is 1. The van der Waals surface area contributed by atoms with Crippen molar-refractivity contribution in [3.05, 3.63) is 18.1 Å². The molecule has 1 aromatic heterocycles. The molecule has 0 saturated heterocycles. The van der Waals surface area contributed by atoms with Crippen LogP contribution in [0.3, 0.4) is 0 Å². The molecule has 1 aromatic rings. The van der Waals surface area contributed by atoms with E-state index in [1.54, 1.807) is 13.8 Å². The van der Waals surface area contributed by atoms with E-state index in [2.05, 4.69) is 20.0 Å². The highest BCUT2D eigenvalue weighted by Gasteiger charge is 2.30. The maximum Gasteiger partial charge on any atom is 0.358 e. The summed E-state index contributed by atoms with van der Waals surface area (Å²) in [5.41, 5.74) is 0.0599. The molecule has 0 atom stereocenters. The van der Waals surface area contributed by atoms with Gasteiger partial charge in [0, 0.05) is 12.8 Å². The van der Waals surface area contributed by atoms with Crippen LogP contribution < -0.4 is 5.32 Å². The molecule has 0 bridgehead atoms. The quantitative estimate of drug-likeness (QED) is 0.787. The van der Waals surface area contributed by atoms with Gasteiger partial charge in [0.15, 0.2) is 15.5 Å². The lowest BCUT2D eigenvalue weighted by atomic mass is 10.2. The number of methoxy groups -OCH3 is 1. The lowest BCUT2D eigenvalue weighted by Crippen LogP contribution is -2.38. The largest absolute Gasteiger partial charge is 0.464 e. The minimum Gasteiger partial charge on any atom is -0.464 e. The summed E-state index contributed by atoms with van der Waals surface area (Å²) >= 11 is 0. The van der Waals surface area contributed by atoms with Crippen molar-refractivity contribution in [2.45, 2.75) is 18.6 Å². The molecule has 0 spiro atoms.